The van der Waals surface area contributed by atoms with E-state index in [9.17, 15) is 9.59 Å². The van der Waals surface area contributed by atoms with Gasteiger partial charge in [0.25, 0.3) is 5.56 Å². The molecule has 0 saturated carbocycles. The second-order valence-electron chi connectivity index (χ2n) is 11.5. The molecule has 0 spiro atoms. The molecule has 10 nitrogen and oxygen atoms in total. The van der Waals surface area contributed by atoms with E-state index < -0.39 is 13.7 Å². The fraction of sp³-hybridized carbons (Fsp3) is 0.600. The molecule has 12 heteroatoms. The summed E-state index contributed by atoms with van der Waals surface area (Å²) in [6, 6.07) is 6.32. The molecule has 1 unspecified atom stereocenters. The molecule has 0 aliphatic carbocycles. The molecule has 2 aromatic rings. The Bertz CT molecular complexity index is 1130. The van der Waals surface area contributed by atoms with Crippen LogP contribution in [0.25, 0.3) is 0 Å². The van der Waals surface area contributed by atoms with Gasteiger partial charge < -0.3 is 24.6 Å². The monoisotopic (exact) mass is 550 g/mol. The van der Waals surface area contributed by atoms with Crippen LogP contribution in [0.2, 0.25) is 30.8 Å². The van der Waals surface area contributed by atoms with Crippen molar-refractivity contribution < 1.29 is 14.3 Å². The number of piperazine rings is 1. The molecule has 3 rings (SSSR count). The van der Waals surface area contributed by atoms with Crippen LogP contribution in [0.1, 0.15) is 27.7 Å². The first kappa shape index (κ1) is 28.9. The van der Waals surface area contributed by atoms with Crippen molar-refractivity contribution in [3.05, 3.63) is 39.9 Å². The van der Waals surface area contributed by atoms with E-state index in [0.29, 0.717) is 32.1 Å². The van der Waals surface area contributed by atoms with Crippen molar-refractivity contribution in [2.45, 2.75) is 71.8 Å². The van der Waals surface area contributed by atoms with Gasteiger partial charge >= 0.3 is 6.09 Å². The molecule has 1 aliphatic rings. The van der Waals surface area contributed by atoms with E-state index in [4.69, 9.17) is 21.1 Å². The molecule has 1 atom stereocenters. The zero-order chi connectivity index (χ0) is 27.4. The molecular weight excluding hydrogens is 512 g/mol. The smallest absolute Gasteiger partial charge is 0.410 e. The number of anilines is 3. The van der Waals surface area contributed by atoms with Crippen LogP contribution < -0.4 is 15.8 Å². The van der Waals surface area contributed by atoms with Crippen LogP contribution in [0.3, 0.4) is 0 Å². The Morgan fingerprint density at radius 1 is 1.24 bits per heavy atom. The lowest BCUT2D eigenvalue weighted by atomic mass is 10.1. The number of hydrogen-bond donors (Lipinski definition) is 1. The predicted octanol–water partition coefficient (Wildman–Crippen LogP) is 4.79. The summed E-state index contributed by atoms with van der Waals surface area (Å²) in [5.74, 6) is 0.509. The highest BCUT2D eigenvalue weighted by Gasteiger charge is 2.30. The molecule has 1 aliphatic heterocycles. The van der Waals surface area contributed by atoms with Crippen molar-refractivity contribution in [3.8, 4) is 0 Å². The van der Waals surface area contributed by atoms with E-state index in [1.807, 2.05) is 32.9 Å². The quantitative estimate of drug-likeness (QED) is 0.369. The van der Waals surface area contributed by atoms with Crippen LogP contribution in [-0.2, 0) is 16.2 Å². The molecule has 3 heterocycles. The van der Waals surface area contributed by atoms with Crippen LogP contribution in [0.5, 0.6) is 0 Å². The Kier molecular flexibility index (Phi) is 9.25. The Morgan fingerprint density at radius 2 is 1.97 bits per heavy atom. The van der Waals surface area contributed by atoms with Gasteiger partial charge in [-0.05, 0) is 45.9 Å². The normalized spacial score (nSPS) is 16.6. The molecule has 2 aromatic heterocycles. The largest absolute Gasteiger partial charge is 0.444 e. The predicted molar refractivity (Wildman–Crippen MR) is 150 cm³/mol. The third kappa shape index (κ3) is 8.72. The first-order valence-corrected chi connectivity index (χ1v) is 16.6. The summed E-state index contributed by atoms with van der Waals surface area (Å²) in [7, 11) is -1.23. The summed E-state index contributed by atoms with van der Waals surface area (Å²) < 4.78 is 12.4. The summed E-state index contributed by atoms with van der Waals surface area (Å²) in [6.45, 7) is 16.9. The van der Waals surface area contributed by atoms with E-state index in [1.165, 1.54) is 10.7 Å². The molecule has 0 radical (unpaired) electrons. The van der Waals surface area contributed by atoms with Crippen LogP contribution in [0, 0.1) is 0 Å². The SMILES string of the molecule is CC1CN(C(=O)OC(C)(C)C)CCN1c1ccc(Nc2cc(Cl)nn(COCC[Si](C)(C)C)c2=O)nc1. The van der Waals surface area contributed by atoms with Crippen LogP contribution in [0.4, 0.5) is 22.0 Å². The highest BCUT2D eigenvalue weighted by molar-refractivity contribution is 6.76. The van der Waals surface area contributed by atoms with Gasteiger partial charge in [0.05, 0.1) is 11.9 Å². The molecule has 0 aromatic carbocycles. The maximum atomic E-state index is 12.9. The first-order valence-electron chi connectivity index (χ1n) is 12.5. The maximum absolute atomic E-state index is 12.9. The molecule has 37 heavy (non-hydrogen) atoms. The second-order valence-corrected chi connectivity index (χ2v) is 17.5. The lowest BCUT2D eigenvalue weighted by Gasteiger charge is -2.41. The number of rotatable bonds is 8. The standard InChI is InChI=1S/C25H39ClN6O4Si/c1-18-16-30(24(34)36-25(2,3)4)10-11-31(18)19-8-9-22(27-15-19)28-20-14-21(26)29-32(23(20)33)17-35-12-13-37(5,6)7/h8-9,14-15,18H,10-13,16-17H2,1-7H3,(H,27,28). The van der Waals surface area contributed by atoms with Crippen LogP contribution >= 0.6 is 11.6 Å². The minimum absolute atomic E-state index is 0.0398. The fourth-order valence-corrected chi connectivity index (χ4v) is 4.77. The molecule has 1 saturated heterocycles. The van der Waals surface area contributed by atoms with Crippen molar-refractivity contribution in [3.63, 3.8) is 0 Å². The van der Waals surface area contributed by atoms with Gasteiger partial charge in [-0.15, -0.1) is 0 Å². The molecule has 204 valence electrons. The number of aromatic nitrogens is 3. The summed E-state index contributed by atoms with van der Waals surface area (Å²) in [6.07, 6.45) is 1.46. The average Bonchev–Trinajstić information content (AvgIpc) is 2.78. The van der Waals surface area contributed by atoms with Gasteiger partial charge in [-0.25, -0.2) is 14.5 Å². The van der Waals surface area contributed by atoms with Crippen LogP contribution in [0.15, 0.2) is 29.2 Å². The van der Waals surface area contributed by atoms with Crippen molar-refractivity contribution in [1.29, 1.82) is 0 Å². The van der Waals surface area contributed by atoms with E-state index in [2.05, 4.69) is 46.9 Å². The molecule has 1 amide bonds. The third-order valence-corrected chi connectivity index (χ3v) is 7.66. The molecular formula is C25H39ClN6O4Si. The minimum atomic E-state index is -1.23. The van der Waals surface area contributed by atoms with Crippen molar-refractivity contribution in [2.24, 2.45) is 0 Å². The van der Waals surface area contributed by atoms with Gasteiger partial charge in [0.15, 0.2) is 5.15 Å². The number of nitrogens with zero attached hydrogens (tertiary/aromatic N) is 5. The van der Waals surface area contributed by atoms with Crippen molar-refractivity contribution in [2.75, 3.05) is 36.5 Å². The number of hydrogen-bond acceptors (Lipinski definition) is 8. The minimum Gasteiger partial charge on any atom is -0.444 e. The third-order valence-electron chi connectivity index (χ3n) is 5.78. The first-order chi connectivity index (χ1) is 17.2. The van der Waals surface area contributed by atoms with E-state index in [0.717, 1.165) is 11.7 Å². The Morgan fingerprint density at radius 3 is 2.57 bits per heavy atom. The van der Waals surface area contributed by atoms with Gasteiger partial charge in [0, 0.05) is 46.4 Å². The molecule has 0 bridgehead atoms. The number of amides is 1. The second kappa shape index (κ2) is 11.8. The van der Waals surface area contributed by atoms with Crippen molar-refractivity contribution >= 4 is 43.0 Å². The number of pyridine rings is 1. The van der Waals surface area contributed by atoms with Crippen LogP contribution in [-0.4, -0.2) is 71.7 Å². The maximum Gasteiger partial charge on any atom is 0.410 e. The number of halogens is 1. The Balaban J connectivity index is 1.62. The highest BCUT2D eigenvalue weighted by Crippen LogP contribution is 2.23. The topological polar surface area (TPSA) is 102 Å². The van der Waals surface area contributed by atoms with Gasteiger partial charge in [-0.3, -0.25) is 4.79 Å². The molecule has 1 fully saturated rings. The highest BCUT2D eigenvalue weighted by atomic mass is 35.5. The van der Waals surface area contributed by atoms with Gasteiger partial charge in [0.1, 0.15) is 23.8 Å². The van der Waals surface area contributed by atoms with Gasteiger partial charge in [-0.1, -0.05) is 31.2 Å². The number of ether oxygens (including phenoxy) is 2. The summed E-state index contributed by atoms with van der Waals surface area (Å²) in [5, 5.41) is 7.31. The Labute approximate surface area is 224 Å². The number of carbonyl (C=O) groups is 1. The number of carbonyl (C=O) groups excluding carboxylic acids is 1. The van der Waals surface area contributed by atoms with E-state index in [-0.39, 0.29) is 35.3 Å². The summed E-state index contributed by atoms with van der Waals surface area (Å²) >= 11 is 6.16. The molecule has 1 N–H and O–H groups in total. The summed E-state index contributed by atoms with van der Waals surface area (Å²) in [4.78, 5) is 33.7. The van der Waals surface area contributed by atoms with E-state index >= 15 is 0 Å². The lowest BCUT2D eigenvalue weighted by Crippen LogP contribution is -2.54. The average molecular weight is 551 g/mol. The Hall–Kier alpha value is -2.63. The van der Waals surface area contributed by atoms with Gasteiger partial charge in [-0.2, -0.15) is 5.10 Å². The van der Waals surface area contributed by atoms with E-state index in [1.54, 1.807) is 11.1 Å². The lowest BCUT2D eigenvalue weighted by molar-refractivity contribution is 0.0219. The summed E-state index contributed by atoms with van der Waals surface area (Å²) in [5.41, 5.74) is 0.346. The van der Waals surface area contributed by atoms with Gasteiger partial charge in [0.2, 0.25) is 0 Å². The number of nitrogens with one attached hydrogen (secondary N) is 1. The zero-order valence-electron chi connectivity index (χ0n) is 22.9. The fourth-order valence-electron chi connectivity index (χ4n) is 3.82. The van der Waals surface area contributed by atoms with Crippen molar-refractivity contribution in [1.82, 2.24) is 19.7 Å². The zero-order valence-corrected chi connectivity index (χ0v) is 24.6.